The zero-order chi connectivity index (χ0) is 14.3. The van der Waals surface area contributed by atoms with Gasteiger partial charge in [-0.25, -0.2) is 8.78 Å². The SMILES string of the molecule is CC1CCC(N)(c2cc(F)cc(F)c2)c2ccccc21. The second-order valence-corrected chi connectivity index (χ2v) is 5.66. The van der Waals surface area contributed by atoms with Crippen LogP contribution in [0.5, 0.6) is 0 Å². The lowest BCUT2D eigenvalue weighted by Crippen LogP contribution is -2.42. The van der Waals surface area contributed by atoms with Gasteiger partial charge in [-0.3, -0.25) is 0 Å². The summed E-state index contributed by atoms with van der Waals surface area (Å²) in [5.74, 6) is -0.747. The Morgan fingerprint density at radius 2 is 1.75 bits per heavy atom. The fourth-order valence-corrected chi connectivity index (χ4v) is 3.18. The van der Waals surface area contributed by atoms with Gasteiger partial charge in [-0.05, 0) is 47.6 Å². The van der Waals surface area contributed by atoms with Gasteiger partial charge in [-0.2, -0.15) is 0 Å². The van der Waals surface area contributed by atoms with Crippen molar-refractivity contribution in [3.63, 3.8) is 0 Å². The summed E-state index contributed by atoms with van der Waals surface area (Å²) in [6.45, 7) is 2.16. The van der Waals surface area contributed by atoms with Gasteiger partial charge in [0.15, 0.2) is 0 Å². The van der Waals surface area contributed by atoms with Crippen molar-refractivity contribution < 1.29 is 8.78 Å². The highest BCUT2D eigenvalue weighted by Crippen LogP contribution is 2.43. The molecule has 0 saturated carbocycles. The molecule has 3 heteroatoms. The molecule has 0 amide bonds. The van der Waals surface area contributed by atoms with Crippen molar-refractivity contribution in [1.82, 2.24) is 0 Å². The Balaban J connectivity index is 2.19. The number of halogens is 2. The molecule has 0 radical (unpaired) electrons. The van der Waals surface area contributed by atoms with E-state index in [4.69, 9.17) is 5.73 Å². The van der Waals surface area contributed by atoms with E-state index in [9.17, 15) is 8.78 Å². The maximum absolute atomic E-state index is 13.5. The van der Waals surface area contributed by atoms with E-state index in [2.05, 4.69) is 13.0 Å². The van der Waals surface area contributed by atoms with Crippen LogP contribution in [0, 0.1) is 11.6 Å². The van der Waals surface area contributed by atoms with Gasteiger partial charge < -0.3 is 5.73 Å². The van der Waals surface area contributed by atoms with Gasteiger partial charge in [0.2, 0.25) is 0 Å². The van der Waals surface area contributed by atoms with Crippen LogP contribution in [0.15, 0.2) is 42.5 Å². The van der Waals surface area contributed by atoms with Crippen molar-refractivity contribution in [1.29, 1.82) is 0 Å². The van der Waals surface area contributed by atoms with Crippen molar-refractivity contribution in [3.05, 3.63) is 70.8 Å². The van der Waals surface area contributed by atoms with E-state index in [0.29, 0.717) is 17.9 Å². The summed E-state index contributed by atoms with van der Waals surface area (Å²) in [6, 6.07) is 11.5. The molecule has 104 valence electrons. The Kier molecular flexibility index (Phi) is 3.09. The van der Waals surface area contributed by atoms with Gasteiger partial charge in [0.05, 0.1) is 5.54 Å². The van der Waals surface area contributed by atoms with Crippen LogP contribution in [0.3, 0.4) is 0 Å². The van der Waals surface area contributed by atoms with E-state index in [1.807, 2.05) is 18.2 Å². The largest absolute Gasteiger partial charge is 0.318 e. The smallest absolute Gasteiger partial charge is 0.126 e. The Morgan fingerprint density at radius 1 is 1.10 bits per heavy atom. The minimum Gasteiger partial charge on any atom is -0.318 e. The maximum atomic E-state index is 13.5. The molecule has 0 heterocycles. The van der Waals surface area contributed by atoms with Crippen LogP contribution in [0.25, 0.3) is 0 Å². The predicted molar refractivity (Wildman–Crippen MR) is 75.4 cm³/mol. The van der Waals surface area contributed by atoms with Crippen LogP contribution < -0.4 is 5.73 Å². The molecule has 0 spiro atoms. The molecule has 1 nitrogen and oxygen atoms in total. The van der Waals surface area contributed by atoms with Crippen LogP contribution in [0.2, 0.25) is 0 Å². The molecule has 0 bridgehead atoms. The first-order valence-corrected chi connectivity index (χ1v) is 6.85. The average Bonchev–Trinajstić information content (AvgIpc) is 2.42. The van der Waals surface area contributed by atoms with Gasteiger partial charge in [0.1, 0.15) is 11.6 Å². The maximum Gasteiger partial charge on any atom is 0.126 e. The molecule has 1 aliphatic rings. The van der Waals surface area contributed by atoms with E-state index in [1.54, 1.807) is 0 Å². The lowest BCUT2D eigenvalue weighted by atomic mass is 9.70. The van der Waals surface area contributed by atoms with E-state index in [-0.39, 0.29) is 0 Å². The molecular formula is C17H17F2N. The van der Waals surface area contributed by atoms with Crippen molar-refractivity contribution >= 4 is 0 Å². The van der Waals surface area contributed by atoms with Crippen molar-refractivity contribution in [2.75, 3.05) is 0 Å². The molecule has 0 aromatic heterocycles. The second-order valence-electron chi connectivity index (χ2n) is 5.66. The molecule has 1 aliphatic carbocycles. The topological polar surface area (TPSA) is 26.0 Å². The standard InChI is InChI=1S/C17H17F2N/c1-11-6-7-17(20,16-5-3-2-4-15(11)16)12-8-13(18)10-14(19)9-12/h2-5,8-11H,6-7,20H2,1H3. The number of nitrogens with two attached hydrogens (primary N) is 1. The van der Waals surface area contributed by atoms with Gasteiger partial charge >= 0.3 is 0 Å². The third kappa shape index (κ3) is 2.02. The molecule has 0 aliphatic heterocycles. The van der Waals surface area contributed by atoms with Crippen LogP contribution in [0.1, 0.15) is 42.4 Å². The number of benzene rings is 2. The summed E-state index contributed by atoms with van der Waals surface area (Å²) >= 11 is 0. The second kappa shape index (κ2) is 4.67. The number of hydrogen-bond acceptors (Lipinski definition) is 1. The molecular weight excluding hydrogens is 256 g/mol. The first-order valence-electron chi connectivity index (χ1n) is 6.85. The van der Waals surface area contributed by atoms with Crippen LogP contribution in [0.4, 0.5) is 8.78 Å². The molecule has 2 unspecified atom stereocenters. The monoisotopic (exact) mass is 273 g/mol. The number of hydrogen-bond donors (Lipinski definition) is 1. The van der Waals surface area contributed by atoms with Crippen molar-refractivity contribution in [2.24, 2.45) is 5.73 Å². The molecule has 0 fully saturated rings. The van der Waals surface area contributed by atoms with Crippen LogP contribution >= 0.6 is 0 Å². The lowest BCUT2D eigenvalue weighted by molar-refractivity contribution is 0.407. The molecule has 2 atom stereocenters. The van der Waals surface area contributed by atoms with Gasteiger partial charge in [0, 0.05) is 6.07 Å². The Morgan fingerprint density at radius 3 is 2.45 bits per heavy atom. The summed E-state index contributed by atoms with van der Waals surface area (Å²) < 4.78 is 27.0. The minimum atomic E-state index is -0.813. The molecule has 2 N–H and O–H groups in total. The Bertz CT molecular complexity index is 633. The summed E-state index contributed by atoms with van der Waals surface area (Å²) in [4.78, 5) is 0. The van der Waals surface area contributed by atoms with Gasteiger partial charge in [-0.15, -0.1) is 0 Å². The van der Waals surface area contributed by atoms with Gasteiger partial charge in [-0.1, -0.05) is 31.2 Å². The van der Waals surface area contributed by atoms with Crippen molar-refractivity contribution in [3.8, 4) is 0 Å². The summed E-state index contributed by atoms with van der Waals surface area (Å²) in [6.07, 6.45) is 1.60. The zero-order valence-corrected chi connectivity index (χ0v) is 11.4. The predicted octanol–water partition coefficient (Wildman–Crippen LogP) is 4.06. The van der Waals surface area contributed by atoms with E-state index in [0.717, 1.165) is 18.1 Å². The minimum absolute atomic E-state index is 0.418. The van der Waals surface area contributed by atoms with E-state index < -0.39 is 17.2 Å². The average molecular weight is 273 g/mol. The lowest BCUT2D eigenvalue weighted by Gasteiger charge is -2.39. The number of fused-ring (bicyclic) bond motifs is 1. The van der Waals surface area contributed by atoms with Crippen LogP contribution in [-0.4, -0.2) is 0 Å². The first kappa shape index (κ1) is 13.3. The quantitative estimate of drug-likeness (QED) is 0.833. The first-order chi connectivity index (χ1) is 9.50. The molecule has 2 aromatic rings. The normalized spacial score (nSPS) is 25.3. The molecule has 20 heavy (non-hydrogen) atoms. The number of rotatable bonds is 1. The van der Waals surface area contributed by atoms with Gasteiger partial charge in [0.25, 0.3) is 0 Å². The van der Waals surface area contributed by atoms with Crippen LogP contribution in [-0.2, 0) is 5.54 Å². The zero-order valence-electron chi connectivity index (χ0n) is 11.4. The van der Waals surface area contributed by atoms with E-state index in [1.165, 1.54) is 17.7 Å². The molecule has 3 rings (SSSR count). The fraction of sp³-hybridized carbons (Fsp3) is 0.294. The summed E-state index contributed by atoms with van der Waals surface area (Å²) in [7, 11) is 0. The van der Waals surface area contributed by atoms with Crippen molar-refractivity contribution in [2.45, 2.75) is 31.2 Å². The third-order valence-electron chi connectivity index (χ3n) is 4.32. The Labute approximate surface area is 117 Å². The highest BCUT2D eigenvalue weighted by Gasteiger charge is 2.37. The Hall–Kier alpha value is -1.74. The fourth-order valence-electron chi connectivity index (χ4n) is 3.18. The highest BCUT2D eigenvalue weighted by atomic mass is 19.1. The summed E-state index contributed by atoms with van der Waals surface area (Å²) in [5.41, 5.74) is 8.40. The van der Waals surface area contributed by atoms with E-state index >= 15 is 0 Å². The highest BCUT2D eigenvalue weighted by molar-refractivity contribution is 5.46. The molecule has 2 aromatic carbocycles. The summed E-state index contributed by atoms with van der Waals surface area (Å²) in [5, 5.41) is 0. The molecule has 0 saturated heterocycles. The third-order valence-corrected chi connectivity index (χ3v) is 4.32.